The van der Waals surface area contributed by atoms with E-state index in [0.29, 0.717) is 39.8 Å². The molecule has 3 amide bonds. The Labute approximate surface area is 198 Å². The second-order valence-electron chi connectivity index (χ2n) is 6.63. The molecular weight excluding hydrogens is 504 g/mol. The summed E-state index contributed by atoms with van der Waals surface area (Å²) in [4.78, 5) is 36.8. The Balaban J connectivity index is 1.83. The first kappa shape index (κ1) is 23.6. The van der Waals surface area contributed by atoms with Gasteiger partial charge in [-0.05, 0) is 64.3 Å². The summed E-state index contributed by atoms with van der Waals surface area (Å²) in [7, 11) is 1.18. The van der Waals surface area contributed by atoms with Gasteiger partial charge < -0.3 is 19.5 Å². The number of ether oxygens (including phenoxy) is 3. The highest BCUT2D eigenvalue weighted by atomic mass is 79.9. The average molecular weight is 524 g/mol. The lowest BCUT2D eigenvalue weighted by Crippen LogP contribution is -2.36. The number of rotatable bonds is 8. The molecule has 32 heavy (non-hydrogen) atoms. The van der Waals surface area contributed by atoms with Gasteiger partial charge in [0.1, 0.15) is 18.8 Å². The SMILES string of the molecule is CCOc1cc(/C=C2/NC(=O)N(CC(=O)OC)C2=O)cc(Br)c1OCc1ccc(Cl)cc1. The van der Waals surface area contributed by atoms with Crippen LogP contribution in [0, 0.1) is 0 Å². The molecule has 3 rings (SSSR count). The van der Waals surface area contributed by atoms with Gasteiger partial charge in [-0.2, -0.15) is 0 Å². The molecule has 0 aliphatic carbocycles. The molecule has 1 fully saturated rings. The van der Waals surface area contributed by atoms with Crippen LogP contribution >= 0.6 is 27.5 Å². The van der Waals surface area contributed by atoms with E-state index < -0.39 is 24.5 Å². The lowest BCUT2D eigenvalue weighted by molar-refractivity contribution is -0.143. The van der Waals surface area contributed by atoms with E-state index in [4.69, 9.17) is 21.1 Å². The number of carbonyl (C=O) groups excluding carboxylic acids is 3. The number of esters is 1. The zero-order valence-electron chi connectivity index (χ0n) is 17.3. The van der Waals surface area contributed by atoms with Crippen molar-refractivity contribution < 1.29 is 28.6 Å². The van der Waals surface area contributed by atoms with Crippen molar-refractivity contribution in [3.05, 3.63) is 62.7 Å². The molecule has 1 saturated heterocycles. The third-order valence-corrected chi connectivity index (χ3v) is 5.26. The number of amides is 3. The molecule has 1 heterocycles. The van der Waals surface area contributed by atoms with Gasteiger partial charge in [0.2, 0.25) is 0 Å². The zero-order valence-corrected chi connectivity index (χ0v) is 19.7. The predicted molar refractivity (Wildman–Crippen MR) is 121 cm³/mol. The van der Waals surface area contributed by atoms with E-state index in [1.807, 2.05) is 19.1 Å². The molecule has 2 aromatic rings. The average Bonchev–Trinajstić information content (AvgIpc) is 3.01. The van der Waals surface area contributed by atoms with Gasteiger partial charge in [0.15, 0.2) is 11.5 Å². The highest BCUT2D eigenvalue weighted by Crippen LogP contribution is 2.38. The molecule has 2 aromatic carbocycles. The monoisotopic (exact) mass is 522 g/mol. The number of hydrogen-bond donors (Lipinski definition) is 1. The maximum Gasteiger partial charge on any atom is 0.329 e. The van der Waals surface area contributed by atoms with Gasteiger partial charge in [-0.3, -0.25) is 9.59 Å². The zero-order chi connectivity index (χ0) is 23.3. The molecule has 0 saturated carbocycles. The summed E-state index contributed by atoms with van der Waals surface area (Å²) in [6, 6.07) is 10.0. The molecule has 10 heteroatoms. The number of carbonyl (C=O) groups is 3. The minimum absolute atomic E-state index is 0.0306. The number of urea groups is 1. The van der Waals surface area contributed by atoms with Gasteiger partial charge in [0, 0.05) is 5.02 Å². The molecule has 1 N–H and O–H groups in total. The van der Waals surface area contributed by atoms with E-state index in [-0.39, 0.29) is 5.70 Å². The molecule has 1 aliphatic rings. The van der Waals surface area contributed by atoms with E-state index in [0.717, 1.165) is 10.5 Å². The van der Waals surface area contributed by atoms with Crippen LogP contribution in [0.4, 0.5) is 4.79 Å². The molecule has 0 spiro atoms. The molecular formula is C22H20BrClN2O6. The van der Waals surface area contributed by atoms with E-state index in [2.05, 4.69) is 26.0 Å². The van der Waals surface area contributed by atoms with Crippen LogP contribution in [0.2, 0.25) is 5.02 Å². The number of nitrogens with one attached hydrogen (secondary N) is 1. The number of imide groups is 1. The third-order valence-electron chi connectivity index (χ3n) is 4.42. The Bertz CT molecular complexity index is 1070. The van der Waals surface area contributed by atoms with Crippen molar-refractivity contribution in [2.24, 2.45) is 0 Å². The highest BCUT2D eigenvalue weighted by molar-refractivity contribution is 9.10. The van der Waals surface area contributed by atoms with E-state index in [1.54, 1.807) is 24.3 Å². The Kier molecular flexibility index (Phi) is 7.76. The van der Waals surface area contributed by atoms with Crippen molar-refractivity contribution >= 4 is 51.5 Å². The summed E-state index contributed by atoms with van der Waals surface area (Å²) in [5.41, 5.74) is 1.55. The van der Waals surface area contributed by atoms with Crippen molar-refractivity contribution in [3.63, 3.8) is 0 Å². The van der Waals surface area contributed by atoms with Gasteiger partial charge >= 0.3 is 12.0 Å². The molecule has 0 atom stereocenters. The van der Waals surface area contributed by atoms with E-state index in [9.17, 15) is 14.4 Å². The Hall–Kier alpha value is -3.04. The quantitative estimate of drug-likeness (QED) is 0.317. The molecule has 0 aromatic heterocycles. The largest absolute Gasteiger partial charge is 0.490 e. The second-order valence-corrected chi connectivity index (χ2v) is 7.92. The number of methoxy groups -OCH3 is 1. The lowest BCUT2D eigenvalue weighted by Gasteiger charge is -2.15. The molecule has 168 valence electrons. The predicted octanol–water partition coefficient (Wildman–Crippen LogP) is 4.15. The van der Waals surface area contributed by atoms with E-state index >= 15 is 0 Å². The summed E-state index contributed by atoms with van der Waals surface area (Å²) in [5, 5.41) is 3.10. The summed E-state index contributed by atoms with van der Waals surface area (Å²) in [6.07, 6.45) is 1.49. The van der Waals surface area contributed by atoms with Gasteiger partial charge in [0.05, 0.1) is 18.2 Å². The second kappa shape index (κ2) is 10.5. The first-order valence-corrected chi connectivity index (χ1v) is 10.7. The molecule has 8 nitrogen and oxygen atoms in total. The fraction of sp³-hybridized carbons (Fsp3) is 0.227. The van der Waals surface area contributed by atoms with Crippen molar-refractivity contribution in [3.8, 4) is 11.5 Å². The Morgan fingerprint density at radius 1 is 1.19 bits per heavy atom. The van der Waals surface area contributed by atoms with Crippen LogP contribution in [0.15, 0.2) is 46.6 Å². The summed E-state index contributed by atoms with van der Waals surface area (Å²) < 4.78 is 16.8. The smallest absolute Gasteiger partial charge is 0.329 e. The maximum absolute atomic E-state index is 12.5. The van der Waals surface area contributed by atoms with Gasteiger partial charge in [-0.25, -0.2) is 9.69 Å². The van der Waals surface area contributed by atoms with Crippen LogP contribution in [0.25, 0.3) is 6.08 Å². The van der Waals surface area contributed by atoms with Crippen LogP contribution in [0.5, 0.6) is 11.5 Å². The van der Waals surface area contributed by atoms with Crippen LogP contribution < -0.4 is 14.8 Å². The van der Waals surface area contributed by atoms with Crippen LogP contribution in [0.3, 0.4) is 0 Å². The maximum atomic E-state index is 12.5. The third kappa shape index (κ3) is 5.60. The standard InChI is InChI=1S/C22H20BrClN2O6/c1-3-31-18-10-14(9-17-21(28)26(22(29)25-17)11-19(27)30-2)8-16(23)20(18)32-12-13-4-6-15(24)7-5-13/h4-10H,3,11-12H2,1-2H3,(H,25,29)/b17-9+. The molecule has 1 aliphatic heterocycles. The number of hydrogen-bond acceptors (Lipinski definition) is 6. The molecule has 0 bridgehead atoms. The van der Waals surface area contributed by atoms with Crippen molar-refractivity contribution in [2.45, 2.75) is 13.5 Å². The lowest BCUT2D eigenvalue weighted by atomic mass is 10.1. The topological polar surface area (TPSA) is 94.2 Å². The van der Waals surface area contributed by atoms with Gasteiger partial charge in [0.25, 0.3) is 5.91 Å². The first-order chi connectivity index (χ1) is 15.3. The molecule has 0 unspecified atom stereocenters. The van der Waals surface area contributed by atoms with Crippen LogP contribution in [-0.4, -0.2) is 43.1 Å². The minimum Gasteiger partial charge on any atom is -0.490 e. The Morgan fingerprint density at radius 3 is 2.56 bits per heavy atom. The normalized spacial score (nSPS) is 14.5. The summed E-state index contributed by atoms with van der Waals surface area (Å²) >= 11 is 9.40. The van der Waals surface area contributed by atoms with Crippen molar-refractivity contribution in [2.75, 3.05) is 20.3 Å². The van der Waals surface area contributed by atoms with Gasteiger partial charge in [-0.15, -0.1) is 0 Å². The van der Waals surface area contributed by atoms with Crippen molar-refractivity contribution in [1.29, 1.82) is 0 Å². The van der Waals surface area contributed by atoms with Crippen LogP contribution in [0.1, 0.15) is 18.1 Å². The van der Waals surface area contributed by atoms with Crippen molar-refractivity contribution in [1.82, 2.24) is 10.2 Å². The van der Waals surface area contributed by atoms with Gasteiger partial charge in [-0.1, -0.05) is 23.7 Å². The minimum atomic E-state index is -0.696. The number of nitrogens with zero attached hydrogens (tertiary/aromatic N) is 1. The summed E-state index contributed by atoms with van der Waals surface area (Å²) in [6.45, 7) is 2.07. The fourth-order valence-corrected chi connectivity index (χ4v) is 3.59. The summed E-state index contributed by atoms with van der Waals surface area (Å²) in [5.74, 6) is -0.361. The van der Waals surface area contributed by atoms with E-state index in [1.165, 1.54) is 13.2 Å². The Morgan fingerprint density at radius 2 is 1.91 bits per heavy atom. The van der Waals surface area contributed by atoms with Crippen LogP contribution in [-0.2, 0) is 20.9 Å². The fourth-order valence-electron chi connectivity index (χ4n) is 2.89. The first-order valence-electron chi connectivity index (χ1n) is 9.57. The number of benzene rings is 2. The number of halogens is 2. The molecule has 0 radical (unpaired) electrons. The highest BCUT2D eigenvalue weighted by Gasteiger charge is 2.35.